The minimum Gasteiger partial charge on any atom is -0.388 e. The van der Waals surface area contributed by atoms with Crippen LogP contribution < -0.4 is 5.64 Å². The van der Waals surface area contributed by atoms with Crippen molar-refractivity contribution in [2.24, 2.45) is 0 Å². The van der Waals surface area contributed by atoms with Gasteiger partial charge in [-0.3, -0.25) is 0 Å². The minimum atomic E-state index is -1.52. The number of aliphatic hydroxyl groups excluding tert-OH is 6. The van der Waals surface area contributed by atoms with E-state index in [4.69, 9.17) is 19.1 Å². The third-order valence-electron chi connectivity index (χ3n) is 3.24. The molecule has 0 bridgehead atoms. The third kappa shape index (κ3) is 3.85. The molecule has 0 spiro atoms. The highest BCUT2D eigenvalue weighted by Gasteiger charge is 2.40. The monoisotopic (exact) mass is 313 g/mol. The first-order valence-electron chi connectivity index (χ1n) is 6.29. The molecule has 2 aliphatic rings. The van der Waals surface area contributed by atoms with Crippen molar-refractivity contribution in [2.45, 2.75) is 49.2 Å². The molecular formula is C10H19NO10. The van der Waals surface area contributed by atoms with Crippen LogP contribution in [0.1, 0.15) is 0 Å². The molecule has 2 saturated heterocycles. The highest BCUT2D eigenvalue weighted by molar-refractivity contribution is 4.83. The van der Waals surface area contributed by atoms with Crippen LogP contribution in [0.15, 0.2) is 0 Å². The molecule has 124 valence electrons. The molecular weight excluding hydrogens is 294 g/mol. The highest BCUT2D eigenvalue weighted by atomic mass is 17.0. The van der Waals surface area contributed by atoms with Crippen molar-refractivity contribution in [1.82, 2.24) is 5.64 Å². The Morgan fingerprint density at radius 3 is 1.43 bits per heavy atom. The van der Waals surface area contributed by atoms with Crippen molar-refractivity contribution in [1.29, 1.82) is 0 Å². The Morgan fingerprint density at radius 2 is 1.05 bits per heavy atom. The van der Waals surface area contributed by atoms with Crippen LogP contribution in [0.4, 0.5) is 0 Å². The zero-order valence-corrected chi connectivity index (χ0v) is 10.8. The van der Waals surface area contributed by atoms with E-state index in [1.165, 1.54) is 0 Å². The van der Waals surface area contributed by atoms with Crippen LogP contribution in [-0.4, -0.2) is 93.1 Å². The second kappa shape index (κ2) is 7.21. The predicted octanol–water partition coefficient (Wildman–Crippen LogP) is -4.68. The summed E-state index contributed by atoms with van der Waals surface area (Å²) in [7, 11) is 0. The Hall–Kier alpha value is -0.440. The topological polar surface area (TPSA) is 170 Å². The van der Waals surface area contributed by atoms with Gasteiger partial charge >= 0.3 is 0 Å². The quantitative estimate of drug-likeness (QED) is 0.249. The lowest BCUT2D eigenvalue weighted by molar-refractivity contribution is -0.374. The molecule has 2 unspecified atom stereocenters. The number of hydrogen-bond donors (Lipinski definition) is 7. The molecule has 0 radical (unpaired) electrons. The van der Waals surface area contributed by atoms with E-state index in [2.05, 4.69) is 0 Å². The standard InChI is InChI=1S/C10H19NO10/c12-3-1-18-9(7(16)5(3)14)20-11-21-10-8(17)6(15)4(13)2-19-10/h3-17H,1-2H2/t3-,4-,5+,6+,7-,8-,9?,10?/m1/s1. The molecule has 0 aromatic rings. The molecule has 2 heterocycles. The lowest BCUT2D eigenvalue weighted by atomic mass is 10.1. The van der Waals surface area contributed by atoms with Gasteiger partial charge in [0, 0.05) is 0 Å². The summed E-state index contributed by atoms with van der Waals surface area (Å²) in [4.78, 5) is 9.55. The Bertz CT molecular complexity index is 303. The second-order valence-corrected chi connectivity index (χ2v) is 4.82. The molecule has 11 heteroatoms. The fourth-order valence-electron chi connectivity index (χ4n) is 1.89. The minimum absolute atomic E-state index is 0.252. The summed E-state index contributed by atoms with van der Waals surface area (Å²) >= 11 is 0. The lowest BCUT2D eigenvalue weighted by Gasteiger charge is -2.36. The van der Waals surface area contributed by atoms with Gasteiger partial charge in [0.25, 0.3) is 0 Å². The SMILES string of the molecule is O[C@H]1[C@H](O)COC(ONOC2OC[C@@H](O)[C@H](O)[C@H]2O)[C@@H]1O. The summed E-state index contributed by atoms with van der Waals surface area (Å²) in [5.74, 6) is 0. The van der Waals surface area contributed by atoms with Crippen molar-refractivity contribution in [3.63, 3.8) is 0 Å². The van der Waals surface area contributed by atoms with Gasteiger partial charge in [-0.2, -0.15) is 0 Å². The fraction of sp³-hybridized carbons (Fsp3) is 1.00. The number of ether oxygens (including phenoxy) is 2. The Balaban J connectivity index is 1.74. The summed E-state index contributed by atoms with van der Waals surface area (Å²) in [5, 5.41) is 56.4. The molecule has 2 rings (SSSR count). The van der Waals surface area contributed by atoms with E-state index in [0.717, 1.165) is 0 Å². The summed E-state index contributed by atoms with van der Waals surface area (Å²) in [6.45, 7) is -0.504. The molecule has 7 N–H and O–H groups in total. The number of aliphatic hydroxyl groups is 6. The van der Waals surface area contributed by atoms with Crippen LogP contribution in [0.3, 0.4) is 0 Å². The largest absolute Gasteiger partial charge is 0.388 e. The van der Waals surface area contributed by atoms with Crippen LogP contribution in [0.2, 0.25) is 0 Å². The van der Waals surface area contributed by atoms with Crippen molar-refractivity contribution < 1.29 is 49.8 Å². The molecule has 2 aliphatic heterocycles. The summed E-state index contributed by atoms with van der Waals surface area (Å²) < 4.78 is 9.82. The molecule has 2 fully saturated rings. The van der Waals surface area contributed by atoms with Crippen LogP contribution in [0, 0.1) is 0 Å². The average molecular weight is 313 g/mol. The second-order valence-electron chi connectivity index (χ2n) is 4.82. The zero-order valence-electron chi connectivity index (χ0n) is 10.8. The predicted molar refractivity (Wildman–Crippen MR) is 60.8 cm³/mol. The van der Waals surface area contributed by atoms with Gasteiger partial charge in [-0.25, -0.2) is 9.68 Å². The van der Waals surface area contributed by atoms with Crippen LogP contribution in [0.5, 0.6) is 0 Å². The average Bonchev–Trinajstić information content (AvgIpc) is 2.47. The van der Waals surface area contributed by atoms with Gasteiger partial charge in [0.15, 0.2) is 0 Å². The van der Waals surface area contributed by atoms with Gasteiger partial charge in [-0.05, 0) is 0 Å². The summed E-state index contributed by atoms with van der Waals surface area (Å²) in [6.07, 6.45) is -11.0. The van der Waals surface area contributed by atoms with Gasteiger partial charge in [0.2, 0.25) is 12.6 Å². The number of hydrogen-bond acceptors (Lipinski definition) is 11. The number of rotatable bonds is 4. The van der Waals surface area contributed by atoms with E-state index >= 15 is 0 Å². The normalized spacial score (nSPS) is 48.3. The maximum Gasteiger partial charge on any atom is 0.208 e. The zero-order chi connectivity index (χ0) is 15.6. The van der Waals surface area contributed by atoms with Gasteiger partial charge in [-0.15, -0.1) is 0 Å². The molecule has 0 aromatic heterocycles. The van der Waals surface area contributed by atoms with Gasteiger partial charge < -0.3 is 40.1 Å². The van der Waals surface area contributed by atoms with Crippen molar-refractivity contribution >= 4 is 0 Å². The Labute approximate surface area is 119 Å². The van der Waals surface area contributed by atoms with Crippen molar-refractivity contribution in [3.05, 3.63) is 0 Å². The molecule has 21 heavy (non-hydrogen) atoms. The first-order chi connectivity index (χ1) is 9.91. The smallest absolute Gasteiger partial charge is 0.208 e. The van der Waals surface area contributed by atoms with E-state index in [-0.39, 0.29) is 13.2 Å². The molecule has 0 aliphatic carbocycles. The maximum absolute atomic E-state index is 9.56. The van der Waals surface area contributed by atoms with E-state index in [1.54, 1.807) is 0 Å². The van der Waals surface area contributed by atoms with Crippen molar-refractivity contribution in [2.75, 3.05) is 13.2 Å². The third-order valence-corrected chi connectivity index (χ3v) is 3.24. The van der Waals surface area contributed by atoms with Gasteiger partial charge in [-0.1, -0.05) is 5.64 Å². The van der Waals surface area contributed by atoms with Gasteiger partial charge in [0.05, 0.1) is 13.2 Å². The van der Waals surface area contributed by atoms with E-state index in [0.29, 0.717) is 0 Å². The highest BCUT2D eigenvalue weighted by Crippen LogP contribution is 2.18. The number of nitrogens with one attached hydrogen (secondary N) is 1. The molecule has 0 amide bonds. The van der Waals surface area contributed by atoms with Crippen LogP contribution >= 0.6 is 0 Å². The molecule has 8 atom stereocenters. The fourth-order valence-corrected chi connectivity index (χ4v) is 1.89. The van der Waals surface area contributed by atoms with Crippen LogP contribution in [0.25, 0.3) is 0 Å². The van der Waals surface area contributed by atoms with E-state index < -0.39 is 49.2 Å². The maximum atomic E-state index is 9.56. The van der Waals surface area contributed by atoms with E-state index in [9.17, 15) is 30.6 Å². The first kappa shape index (κ1) is 16.9. The van der Waals surface area contributed by atoms with Gasteiger partial charge in [0.1, 0.15) is 36.6 Å². The first-order valence-corrected chi connectivity index (χ1v) is 6.29. The molecule has 0 aromatic carbocycles. The molecule has 0 saturated carbocycles. The Kier molecular flexibility index (Phi) is 5.81. The van der Waals surface area contributed by atoms with Crippen molar-refractivity contribution in [3.8, 4) is 0 Å². The molecule has 11 nitrogen and oxygen atoms in total. The lowest BCUT2D eigenvalue weighted by Crippen LogP contribution is -2.57. The van der Waals surface area contributed by atoms with E-state index in [1.807, 2.05) is 5.64 Å². The van der Waals surface area contributed by atoms with Crippen LogP contribution in [-0.2, 0) is 19.1 Å². The summed E-state index contributed by atoms with van der Waals surface area (Å²) in [6, 6.07) is 0. The Morgan fingerprint density at radius 1 is 0.667 bits per heavy atom. The summed E-state index contributed by atoms with van der Waals surface area (Å²) in [5.41, 5.74) is 1.90.